The lowest BCUT2D eigenvalue weighted by atomic mass is 10.1. The van der Waals surface area contributed by atoms with Crippen LogP contribution in [0.4, 0.5) is 18.9 Å². The molecular weight excluding hydrogens is 402 g/mol. The normalized spacial score (nSPS) is 13.1. The molecule has 0 aliphatic rings. The molecular formula is C14H10ClF3IN. The van der Waals surface area contributed by atoms with E-state index in [1.165, 1.54) is 12.1 Å². The average Bonchev–Trinajstić information content (AvgIpc) is 2.37. The van der Waals surface area contributed by atoms with Gasteiger partial charge in [-0.3, -0.25) is 0 Å². The van der Waals surface area contributed by atoms with Crippen molar-refractivity contribution in [2.45, 2.75) is 12.2 Å². The van der Waals surface area contributed by atoms with Gasteiger partial charge in [0.15, 0.2) is 0 Å². The number of hydrogen-bond acceptors (Lipinski definition) is 1. The molecule has 0 bridgehead atoms. The molecule has 1 atom stereocenters. The Bertz CT molecular complexity index is 587. The predicted octanol–water partition coefficient (Wildman–Crippen LogP) is 5.66. The molecule has 0 aliphatic carbocycles. The minimum atomic E-state index is -4.38. The molecule has 0 fully saturated rings. The van der Waals surface area contributed by atoms with Crippen LogP contribution in [0.25, 0.3) is 0 Å². The Morgan fingerprint density at radius 1 is 1.05 bits per heavy atom. The van der Waals surface area contributed by atoms with Crippen LogP contribution in [-0.4, -0.2) is 6.18 Å². The van der Waals surface area contributed by atoms with Gasteiger partial charge in [0.2, 0.25) is 0 Å². The van der Waals surface area contributed by atoms with Gasteiger partial charge in [-0.1, -0.05) is 41.9 Å². The quantitative estimate of drug-likeness (QED) is 0.643. The summed E-state index contributed by atoms with van der Waals surface area (Å²) in [6.07, 6.45) is -4.38. The van der Waals surface area contributed by atoms with Crippen LogP contribution in [0.15, 0.2) is 48.5 Å². The second-order valence-corrected chi connectivity index (χ2v) is 5.75. The second-order valence-electron chi connectivity index (χ2n) is 4.15. The van der Waals surface area contributed by atoms with Gasteiger partial charge in [-0.25, -0.2) is 0 Å². The highest BCUT2D eigenvalue weighted by atomic mass is 127. The Morgan fingerprint density at radius 2 is 1.70 bits per heavy atom. The van der Waals surface area contributed by atoms with Crippen molar-refractivity contribution in [1.29, 1.82) is 0 Å². The molecule has 1 nitrogen and oxygen atoms in total. The number of benzene rings is 2. The molecule has 0 spiro atoms. The van der Waals surface area contributed by atoms with E-state index in [0.29, 0.717) is 14.3 Å². The lowest BCUT2D eigenvalue weighted by Crippen LogP contribution is -2.28. The molecule has 0 saturated carbocycles. The topological polar surface area (TPSA) is 12.0 Å². The molecule has 1 unspecified atom stereocenters. The molecule has 0 radical (unpaired) electrons. The molecule has 1 N–H and O–H groups in total. The van der Waals surface area contributed by atoms with E-state index >= 15 is 0 Å². The highest BCUT2D eigenvalue weighted by Gasteiger charge is 2.41. The smallest absolute Gasteiger partial charge is 0.370 e. The van der Waals surface area contributed by atoms with Gasteiger partial charge in [0.1, 0.15) is 6.04 Å². The molecule has 2 rings (SSSR count). The van der Waals surface area contributed by atoms with E-state index in [4.69, 9.17) is 11.6 Å². The van der Waals surface area contributed by atoms with Crippen LogP contribution < -0.4 is 5.32 Å². The van der Waals surface area contributed by atoms with E-state index in [9.17, 15) is 13.2 Å². The van der Waals surface area contributed by atoms with Crippen LogP contribution in [0.5, 0.6) is 0 Å². The number of rotatable bonds is 3. The lowest BCUT2D eigenvalue weighted by Gasteiger charge is -2.23. The fourth-order valence-electron chi connectivity index (χ4n) is 1.76. The Balaban J connectivity index is 2.34. The molecule has 20 heavy (non-hydrogen) atoms. The van der Waals surface area contributed by atoms with E-state index in [-0.39, 0.29) is 5.56 Å². The molecule has 0 heterocycles. The number of alkyl halides is 3. The van der Waals surface area contributed by atoms with E-state index in [1.54, 1.807) is 36.4 Å². The zero-order valence-electron chi connectivity index (χ0n) is 10.1. The van der Waals surface area contributed by atoms with Crippen molar-refractivity contribution < 1.29 is 13.2 Å². The standard InChI is InChI=1S/C14H10ClF3IN/c15-10-6-7-12(11(19)8-10)20-13(14(16,17)18)9-4-2-1-3-5-9/h1-8,13,20H. The third-order valence-electron chi connectivity index (χ3n) is 2.69. The Morgan fingerprint density at radius 3 is 2.25 bits per heavy atom. The first-order valence-corrected chi connectivity index (χ1v) is 7.17. The molecule has 0 amide bonds. The number of halogens is 5. The minimum Gasteiger partial charge on any atom is -0.370 e. The van der Waals surface area contributed by atoms with Crippen LogP contribution in [-0.2, 0) is 0 Å². The summed E-state index contributed by atoms with van der Waals surface area (Å²) >= 11 is 7.76. The van der Waals surface area contributed by atoms with Crippen LogP contribution in [0.3, 0.4) is 0 Å². The number of anilines is 1. The zero-order valence-corrected chi connectivity index (χ0v) is 13.0. The van der Waals surface area contributed by atoms with Crippen LogP contribution >= 0.6 is 34.2 Å². The van der Waals surface area contributed by atoms with E-state index in [2.05, 4.69) is 5.32 Å². The average molecular weight is 412 g/mol. The van der Waals surface area contributed by atoms with Crippen molar-refractivity contribution in [1.82, 2.24) is 0 Å². The number of nitrogens with one attached hydrogen (secondary N) is 1. The molecule has 106 valence electrons. The predicted molar refractivity (Wildman–Crippen MR) is 83.0 cm³/mol. The fraction of sp³-hybridized carbons (Fsp3) is 0.143. The first kappa shape index (κ1) is 15.4. The van der Waals surface area contributed by atoms with Crippen molar-refractivity contribution in [3.8, 4) is 0 Å². The summed E-state index contributed by atoms with van der Waals surface area (Å²) in [5.41, 5.74) is 0.576. The Hall–Kier alpha value is -0.950. The van der Waals surface area contributed by atoms with Gasteiger partial charge < -0.3 is 5.32 Å². The van der Waals surface area contributed by atoms with Crippen molar-refractivity contribution in [2.24, 2.45) is 0 Å². The van der Waals surface area contributed by atoms with Crippen molar-refractivity contribution >= 4 is 39.9 Å². The summed E-state index contributed by atoms with van der Waals surface area (Å²) in [5, 5.41) is 3.03. The fourth-order valence-corrected chi connectivity index (χ4v) is 2.79. The lowest BCUT2D eigenvalue weighted by molar-refractivity contribution is -0.144. The molecule has 2 aromatic carbocycles. The van der Waals surface area contributed by atoms with Crippen molar-refractivity contribution in [2.75, 3.05) is 5.32 Å². The first-order valence-electron chi connectivity index (χ1n) is 5.71. The van der Waals surface area contributed by atoms with Gasteiger partial charge >= 0.3 is 6.18 Å². The monoisotopic (exact) mass is 411 g/mol. The summed E-state index contributed by atoms with van der Waals surface area (Å²) in [7, 11) is 0. The third-order valence-corrected chi connectivity index (χ3v) is 3.82. The molecule has 6 heteroatoms. The van der Waals surface area contributed by atoms with Gasteiger partial charge in [0.25, 0.3) is 0 Å². The van der Waals surface area contributed by atoms with E-state index in [1.807, 2.05) is 22.6 Å². The van der Waals surface area contributed by atoms with Gasteiger partial charge in [0.05, 0.1) is 0 Å². The van der Waals surface area contributed by atoms with E-state index in [0.717, 1.165) is 0 Å². The minimum absolute atomic E-state index is 0.172. The third kappa shape index (κ3) is 3.79. The van der Waals surface area contributed by atoms with Gasteiger partial charge in [-0.05, 0) is 46.4 Å². The highest BCUT2D eigenvalue weighted by molar-refractivity contribution is 14.1. The first-order chi connectivity index (χ1) is 9.38. The number of hydrogen-bond donors (Lipinski definition) is 1. The summed E-state index contributed by atoms with van der Waals surface area (Å²) in [6.45, 7) is 0. The maximum absolute atomic E-state index is 13.2. The summed E-state index contributed by atoms with van der Waals surface area (Å²) < 4.78 is 40.3. The van der Waals surface area contributed by atoms with Crippen molar-refractivity contribution in [3.05, 3.63) is 62.7 Å². The maximum Gasteiger partial charge on any atom is 0.412 e. The maximum atomic E-state index is 13.2. The largest absolute Gasteiger partial charge is 0.412 e. The highest BCUT2D eigenvalue weighted by Crippen LogP contribution is 2.36. The summed E-state index contributed by atoms with van der Waals surface area (Å²) in [5.74, 6) is 0. The second kappa shape index (κ2) is 6.22. The van der Waals surface area contributed by atoms with Crippen LogP contribution in [0, 0.1) is 3.57 Å². The Kier molecular flexibility index (Phi) is 4.80. The van der Waals surface area contributed by atoms with Crippen LogP contribution in [0.1, 0.15) is 11.6 Å². The van der Waals surface area contributed by atoms with Gasteiger partial charge in [0, 0.05) is 14.3 Å². The van der Waals surface area contributed by atoms with Crippen molar-refractivity contribution in [3.63, 3.8) is 0 Å². The summed E-state index contributed by atoms with van der Waals surface area (Å²) in [6, 6.07) is 10.7. The Labute approximate surface area is 133 Å². The van der Waals surface area contributed by atoms with Crippen LogP contribution in [0.2, 0.25) is 5.02 Å². The molecule has 0 aliphatic heterocycles. The summed E-state index contributed by atoms with van der Waals surface area (Å²) in [4.78, 5) is 0. The van der Waals surface area contributed by atoms with Gasteiger partial charge in [-0.15, -0.1) is 0 Å². The van der Waals surface area contributed by atoms with Gasteiger partial charge in [-0.2, -0.15) is 13.2 Å². The molecule has 0 saturated heterocycles. The SMILES string of the molecule is FC(F)(F)C(Nc1ccc(Cl)cc1I)c1ccccc1. The zero-order chi connectivity index (χ0) is 14.8. The molecule has 0 aromatic heterocycles. The van der Waals surface area contributed by atoms with E-state index < -0.39 is 12.2 Å². The molecule has 2 aromatic rings.